The van der Waals surface area contributed by atoms with E-state index in [1.54, 1.807) is 0 Å². The number of rotatable bonds is 5. The molecule has 3 nitrogen and oxygen atoms in total. The summed E-state index contributed by atoms with van der Waals surface area (Å²) in [6.07, 6.45) is 1.71. The van der Waals surface area contributed by atoms with Gasteiger partial charge in [0.2, 0.25) is 0 Å². The number of halogens is 1. The van der Waals surface area contributed by atoms with Gasteiger partial charge in [0.25, 0.3) is 0 Å². The summed E-state index contributed by atoms with van der Waals surface area (Å²) in [6.45, 7) is 6.93. The third kappa shape index (κ3) is 4.13. The van der Waals surface area contributed by atoms with E-state index < -0.39 is 9.84 Å². The van der Waals surface area contributed by atoms with Crippen LogP contribution in [0.3, 0.4) is 0 Å². The first-order valence-corrected chi connectivity index (χ1v) is 9.57. The predicted octanol–water partition coefficient (Wildman–Crippen LogP) is 3.84. The molecule has 0 N–H and O–H groups in total. The molecule has 2 rings (SSSR count). The lowest BCUT2D eigenvalue weighted by Gasteiger charge is -2.24. The maximum Gasteiger partial charge on any atom is 0.150 e. The molecule has 1 unspecified atom stereocenters. The van der Waals surface area contributed by atoms with Crippen LogP contribution in [0.25, 0.3) is 0 Å². The molecule has 118 valence electrons. The molecular weight excluding hydrogens is 308 g/mol. The molecule has 1 saturated heterocycles. The number of hydrogen-bond donors (Lipinski definition) is 0. The van der Waals surface area contributed by atoms with Gasteiger partial charge in [-0.15, -0.1) is 0 Å². The monoisotopic (exact) mass is 330 g/mol. The van der Waals surface area contributed by atoms with Crippen molar-refractivity contribution in [2.45, 2.75) is 39.0 Å². The fourth-order valence-corrected chi connectivity index (χ4v) is 4.53. The van der Waals surface area contributed by atoms with E-state index in [0.717, 1.165) is 6.42 Å². The van der Waals surface area contributed by atoms with Gasteiger partial charge < -0.3 is 4.74 Å². The Bertz CT molecular complexity index is 608. The summed E-state index contributed by atoms with van der Waals surface area (Å²) in [5.41, 5.74) is 1.27. The lowest BCUT2D eigenvalue weighted by molar-refractivity contribution is 0.263. The van der Waals surface area contributed by atoms with Gasteiger partial charge >= 0.3 is 0 Å². The predicted molar refractivity (Wildman–Crippen MR) is 87.0 cm³/mol. The van der Waals surface area contributed by atoms with E-state index in [-0.39, 0.29) is 22.8 Å². The second kappa shape index (κ2) is 6.17. The minimum absolute atomic E-state index is 0.0813. The first-order valence-electron chi connectivity index (χ1n) is 7.37. The van der Waals surface area contributed by atoms with Crippen LogP contribution in [0, 0.1) is 5.92 Å². The first kappa shape index (κ1) is 16.6. The third-order valence-electron chi connectivity index (χ3n) is 4.40. The average molecular weight is 331 g/mol. The summed E-state index contributed by atoms with van der Waals surface area (Å²) in [5.74, 6) is 1.22. The quantitative estimate of drug-likeness (QED) is 0.823. The van der Waals surface area contributed by atoms with Gasteiger partial charge in [-0.1, -0.05) is 38.4 Å². The normalized spacial score (nSPS) is 21.4. The molecule has 0 aromatic heterocycles. The highest BCUT2D eigenvalue weighted by Gasteiger charge is 2.28. The number of sulfone groups is 1. The standard InChI is InChI=1S/C16H23ClO3S/c1-4-16(2,3)13-5-6-15(14(17)9-13)20-10-12-7-8-21(18,19)11-12/h5-6,9,12H,4,7-8,10-11H2,1-3H3. The van der Waals surface area contributed by atoms with Crippen molar-refractivity contribution in [3.05, 3.63) is 28.8 Å². The Hall–Kier alpha value is -0.740. The minimum Gasteiger partial charge on any atom is -0.492 e. The topological polar surface area (TPSA) is 43.4 Å². The number of hydrogen-bond acceptors (Lipinski definition) is 3. The van der Waals surface area contributed by atoms with Crippen LogP contribution in [-0.2, 0) is 15.3 Å². The lowest BCUT2D eigenvalue weighted by Crippen LogP contribution is -2.16. The number of benzene rings is 1. The molecule has 1 aromatic carbocycles. The molecule has 1 heterocycles. The second-order valence-electron chi connectivity index (χ2n) is 6.46. The second-order valence-corrected chi connectivity index (χ2v) is 9.10. The Balaban J connectivity index is 2.02. The molecule has 5 heteroatoms. The Morgan fingerprint density at radius 2 is 2.10 bits per heavy atom. The van der Waals surface area contributed by atoms with Gasteiger partial charge in [0.05, 0.1) is 23.1 Å². The summed E-state index contributed by atoms with van der Waals surface area (Å²) in [6, 6.07) is 5.88. The van der Waals surface area contributed by atoms with E-state index in [4.69, 9.17) is 16.3 Å². The van der Waals surface area contributed by atoms with Gasteiger partial charge in [0, 0.05) is 5.92 Å². The van der Waals surface area contributed by atoms with E-state index in [2.05, 4.69) is 20.8 Å². The fraction of sp³-hybridized carbons (Fsp3) is 0.625. The van der Waals surface area contributed by atoms with Crippen LogP contribution in [0.2, 0.25) is 5.02 Å². The largest absolute Gasteiger partial charge is 0.492 e. The Labute approximate surface area is 132 Å². The van der Waals surface area contributed by atoms with Crippen LogP contribution in [0.1, 0.15) is 39.2 Å². The zero-order valence-corrected chi connectivity index (χ0v) is 14.4. The molecule has 0 bridgehead atoms. The van der Waals surface area contributed by atoms with Gasteiger partial charge in [0.15, 0.2) is 9.84 Å². The van der Waals surface area contributed by atoms with Gasteiger partial charge in [0.1, 0.15) is 5.75 Å². The highest BCUT2D eigenvalue weighted by molar-refractivity contribution is 7.91. The van der Waals surface area contributed by atoms with E-state index in [0.29, 0.717) is 23.8 Å². The zero-order valence-electron chi connectivity index (χ0n) is 12.9. The van der Waals surface area contributed by atoms with E-state index in [1.165, 1.54) is 5.56 Å². The van der Waals surface area contributed by atoms with Crippen molar-refractivity contribution in [2.24, 2.45) is 5.92 Å². The Morgan fingerprint density at radius 1 is 1.38 bits per heavy atom. The van der Waals surface area contributed by atoms with Gasteiger partial charge in [-0.05, 0) is 36.0 Å². The summed E-state index contributed by atoms with van der Waals surface area (Å²) in [5, 5.41) is 0.592. The van der Waals surface area contributed by atoms with Crippen molar-refractivity contribution in [3.8, 4) is 5.75 Å². The highest BCUT2D eigenvalue weighted by atomic mass is 35.5. The molecule has 0 amide bonds. The molecule has 0 spiro atoms. The maximum atomic E-state index is 11.4. The van der Waals surface area contributed by atoms with Crippen molar-refractivity contribution in [2.75, 3.05) is 18.1 Å². The summed E-state index contributed by atoms with van der Waals surface area (Å²) in [7, 11) is -2.85. The first-order chi connectivity index (χ1) is 9.73. The SMILES string of the molecule is CCC(C)(C)c1ccc(OCC2CCS(=O)(=O)C2)c(Cl)c1. The molecule has 0 saturated carbocycles. The lowest BCUT2D eigenvalue weighted by atomic mass is 9.82. The third-order valence-corrected chi connectivity index (χ3v) is 6.53. The van der Waals surface area contributed by atoms with Crippen LogP contribution in [0.4, 0.5) is 0 Å². The van der Waals surface area contributed by atoms with Crippen LogP contribution in [-0.4, -0.2) is 26.5 Å². The van der Waals surface area contributed by atoms with Crippen molar-refractivity contribution >= 4 is 21.4 Å². The highest BCUT2D eigenvalue weighted by Crippen LogP contribution is 2.33. The van der Waals surface area contributed by atoms with Crippen molar-refractivity contribution in [1.82, 2.24) is 0 Å². The van der Waals surface area contributed by atoms with Crippen LogP contribution < -0.4 is 4.74 Å². The Kier molecular flexibility index (Phi) is 4.89. The van der Waals surface area contributed by atoms with Gasteiger partial charge in [-0.25, -0.2) is 8.42 Å². The molecule has 1 aliphatic heterocycles. The van der Waals surface area contributed by atoms with Crippen molar-refractivity contribution in [3.63, 3.8) is 0 Å². The molecule has 0 aliphatic carbocycles. The number of ether oxygens (including phenoxy) is 1. The smallest absolute Gasteiger partial charge is 0.150 e. The van der Waals surface area contributed by atoms with E-state index in [9.17, 15) is 8.42 Å². The Morgan fingerprint density at radius 3 is 2.62 bits per heavy atom. The summed E-state index contributed by atoms with van der Waals surface area (Å²) >= 11 is 6.29. The van der Waals surface area contributed by atoms with Crippen LogP contribution in [0.5, 0.6) is 5.75 Å². The average Bonchev–Trinajstić information content (AvgIpc) is 2.77. The van der Waals surface area contributed by atoms with Crippen molar-refractivity contribution in [1.29, 1.82) is 0 Å². The van der Waals surface area contributed by atoms with Gasteiger partial charge in [-0.3, -0.25) is 0 Å². The van der Waals surface area contributed by atoms with Crippen molar-refractivity contribution < 1.29 is 13.2 Å². The molecule has 1 atom stereocenters. The maximum absolute atomic E-state index is 11.4. The molecule has 1 aromatic rings. The van der Waals surface area contributed by atoms with Gasteiger partial charge in [-0.2, -0.15) is 0 Å². The molecule has 0 radical (unpaired) electrons. The molecular formula is C16H23ClO3S. The molecule has 1 aliphatic rings. The van der Waals surface area contributed by atoms with E-state index in [1.807, 2.05) is 18.2 Å². The molecule has 1 fully saturated rings. The molecule has 21 heavy (non-hydrogen) atoms. The van der Waals surface area contributed by atoms with Crippen LogP contribution in [0.15, 0.2) is 18.2 Å². The summed E-state index contributed by atoms with van der Waals surface area (Å²) in [4.78, 5) is 0. The van der Waals surface area contributed by atoms with E-state index >= 15 is 0 Å². The zero-order chi connectivity index (χ0) is 15.7. The minimum atomic E-state index is -2.85. The summed E-state index contributed by atoms with van der Waals surface area (Å²) < 4.78 is 28.6. The van der Waals surface area contributed by atoms with Crippen LogP contribution >= 0.6 is 11.6 Å². The fourth-order valence-electron chi connectivity index (χ4n) is 2.45.